The molecule has 0 aliphatic carbocycles. The van der Waals surface area contributed by atoms with Gasteiger partial charge in [0.05, 0.1) is 16.3 Å². The van der Waals surface area contributed by atoms with Crippen molar-refractivity contribution in [2.75, 3.05) is 0 Å². The van der Waals surface area contributed by atoms with E-state index in [0.717, 1.165) is 26.5 Å². The monoisotopic (exact) mass is 663 g/mol. The molecule has 5 aromatic rings. The lowest BCUT2D eigenvalue weighted by Crippen LogP contribution is -2.19. The Morgan fingerprint density at radius 3 is 2.49 bits per heavy atom. The van der Waals surface area contributed by atoms with Crippen LogP contribution in [0, 0.1) is 6.92 Å². The van der Waals surface area contributed by atoms with Crippen LogP contribution in [-0.2, 0) is 0 Å². The van der Waals surface area contributed by atoms with Gasteiger partial charge in [0, 0.05) is 37.1 Å². The van der Waals surface area contributed by atoms with Crippen LogP contribution in [-0.4, -0.2) is 23.1 Å². The number of nitrogens with one attached hydrogen (secondary N) is 2. The summed E-state index contributed by atoms with van der Waals surface area (Å²) in [6.07, 6.45) is 1.42. The minimum Gasteiger partial charge on any atom is -0.421 e. The molecule has 0 bridgehead atoms. The number of fused-ring (bicyclic) bond motifs is 1. The molecule has 194 valence electrons. The molecule has 0 atom stereocenters. The average molecular weight is 666 g/mol. The third-order valence-corrected chi connectivity index (χ3v) is 7.40. The summed E-state index contributed by atoms with van der Waals surface area (Å²) in [5.74, 6) is -0.702. The lowest BCUT2D eigenvalue weighted by molar-refractivity contribution is 0.0733. The van der Waals surface area contributed by atoms with E-state index in [9.17, 15) is 9.59 Å². The van der Waals surface area contributed by atoms with Crippen LogP contribution in [0.2, 0.25) is 5.02 Å². The zero-order valence-electron chi connectivity index (χ0n) is 20.5. The van der Waals surface area contributed by atoms with Gasteiger partial charge in [0.2, 0.25) is 0 Å². The number of hydrogen-bond acceptors (Lipinski definition) is 4. The molecule has 0 aliphatic heterocycles. The first-order valence-electron chi connectivity index (χ1n) is 11.8. The highest BCUT2D eigenvalue weighted by Gasteiger charge is 2.21. The number of rotatable bonds is 6. The number of hydrazone groups is 1. The summed E-state index contributed by atoms with van der Waals surface area (Å²) < 4.78 is 6.94. The molecule has 0 saturated heterocycles. The number of aryl methyl sites for hydroxylation is 1. The number of nitrogens with zero attached hydrogens (tertiary/aromatic N) is 1. The second-order valence-corrected chi connectivity index (χ2v) is 10.8. The van der Waals surface area contributed by atoms with Crippen LogP contribution in [0.4, 0.5) is 0 Å². The van der Waals surface area contributed by atoms with Gasteiger partial charge >= 0.3 is 5.97 Å². The van der Waals surface area contributed by atoms with Crippen LogP contribution < -0.4 is 10.2 Å². The van der Waals surface area contributed by atoms with E-state index in [0.29, 0.717) is 31.9 Å². The molecular formula is C30H20Br2ClN3O3. The molecule has 4 aromatic carbocycles. The van der Waals surface area contributed by atoms with E-state index in [-0.39, 0.29) is 5.75 Å². The fraction of sp³-hybridized carbons (Fsp3) is 0.0333. The smallest absolute Gasteiger partial charge is 0.343 e. The van der Waals surface area contributed by atoms with Crippen molar-refractivity contribution in [2.24, 2.45) is 5.10 Å². The van der Waals surface area contributed by atoms with Crippen molar-refractivity contribution < 1.29 is 14.3 Å². The van der Waals surface area contributed by atoms with Crippen LogP contribution >= 0.6 is 43.5 Å². The summed E-state index contributed by atoms with van der Waals surface area (Å²) >= 11 is 13.4. The lowest BCUT2D eigenvalue weighted by atomic mass is 10.0. The molecule has 0 spiro atoms. The highest BCUT2D eigenvalue weighted by atomic mass is 79.9. The van der Waals surface area contributed by atoms with Gasteiger partial charge in [0.15, 0.2) is 5.75 Å². The number of hydrogen-bond donors (Lipinski definition) is 2. The van der Waals surface area contributed by atoms with Crippen molar-refractivity contribution in [2.45, 2.75) is 6.92 Å². The fourth-order valence-corrected chi connectivity index (χ4v) is 5.77. The van der Waals surface area contributed by atoms with E-state index < -0.39 is 11.9 Å². The molecule has 9 heteroatoms. The number of carbonyl (C=O) groups is 2. The Hall–Kier alpha value is -3.72. The van der Waals surface area contributed by atoms with Crippen LogP contribution in [0.1, 0.15) is 32.0 Å². The number of benzene rings is 4. The first-order valence-corrected chi connectivity index (χ1v) is 13.8. The predicted octanol–water partition coefficient (Wildman–Crippen LogP) is 8.30. The van der Waals surface area contributed by atoms with Gasteiger partial charge in [0.1, 0.15) is 5.69 Å². The Balaban J connectivity index is 1.47. The number of H-pyrrole nitrogens is 1. The third kappa shape index (κ3) is 5.68. The molecule has 1 aromatic heterocycles. The molecule has 0 radical (unpaired) electrons. The quantitative estimate of drug-likeness (QED) is 0.0829. The van der Waals surface area contributed by atoms with E-state index in [4.69, 9.17) is 16.3 Å². The number of carbonyl (C=O) groups excluding carboxylic acids is 2. The maximum absolute atomic E-state index is 13.4. The summed E-state index contributed by atoms with van der Waals surface area (Å²) in [5.41, 5.74) is 7.06. The molecule has 0 saturated carbocycles. The minimum absolute atomic E-state index is 0.267. The molecular weight excluding hydrogens is 646 g/mol. The van der Waals surface area contributed by atoms with Crippen molar-refractivity contribution >= 4 is 72.5 Å². The second kappa shape index (κ2) is 11.6. The summed E-state index contributed by atoms with van der Waals surface area (Å²) in [4.78, 5) is 29.4. The Kier molecular flexibility index (Phi) is 7.97. The van der Waals surface area contributed by atoms with E-state index >= 15 is 0 Å². The predicted molar refractivity (Wildman–Crippen MR) is 162 cm³/mol. The zero-order valence-corrected chi connectivity index (χ0v) is 24.4. The number of ether oxygens (including phenoxy) is 1. The summed E-state index contributed by atoms with van der Waals surface area (Å²) in [7, 11) is 0. The molecule has 0 aliphatic rings. The van der Waals surface area contributed by atoms with Crippen LogP contribution in [0.25, 0.3) is 22.0 Å². The number of amides is 1. The fourth-order valence-electron chi connectivity index (χ4n) is 4.20. The standard InChI is InChI=1S/C30H20Br2ClN3O3/c1-17-8-7-12-22-25(21-11-5-6-13-24(21)33)27(35-26(17)22)29(37)36-34-16-19-14-20(31)15-23(32)28(19)39-30(38)18-9-3-2-4-10-18/h2-16,35H,1H3,(H,36,37). The van der Waals surface area contributed by atoms with Gasteiger partial charge in [-0.3, -0.25) is 4.79 Å². The Bertz CT molecular complexity index is 1750. The van der Waals surface area contributed by atoms with E-state index in [1.165, 1.54) is 6.21 Å². The summed E-state index contributed by atoms with van der Waals surface area (Å²) in [6.45, 7) is 1.97. The zero-order chi connectivity index (χ0) is 27.5. The van der Waals surface area contributed by atoms with Gasteiger partial charge in [-0.05, 0) is 58.7 Å². The van der Waals surface area contributed by atoms with Gasteiger partial charge < -0.3 is 9.72 Å². The Morgan fingerprint density at radius 2 is 1.72 bits per heavy atom. The van der Waals surface area contributed by atoms with Gasteiger partial charge in [0.25, 0.3) is 5.91 Å². The molecule has 2 N–H and O–H groups in total. The topological polar surface area (TPSA) is 83.5 Å². The van der Waals surface area contributed by atoms with E-state index in [2.05, 4.69) is 47.4 Å². The number of aromatic amines is 1. The first-order chi connectivity index (χ1) is 18.8. The summed E-state index contributed by atoms with van der Waals surface area (Å²) in [6, 6.07) is 25.4. The largest absolute Gasteiger partial charge is 0.421 e. The number of para-hydroxylation sites is 1. The number of aromatic nitrogens is 1. The molecule has 0 fully saturated rings. The minimum atomic E-state index is -0.518. The molecule has 1 amide bonds. The molecule has 6 nitrogen and oxygen atoms in total. The Morgan fingerprint density at radius 1 is 0.974 bits per heavy atom. The molecule has 5 rings (SSSR count). The van der Waals surface area contributed by atoms with Crippen LogP contribution in [0.15, 0.2) is 99.0 Å². The van der Waals surface area contributed by atoms with Crippen molar-refractivity contribution in [3.63, 3.8) is 0 Å². The normalized spacial score (nSPS) is 11.2. The van der Waals surface area contributed by atoms with E-state index in [1.807, 2.05) is 49.4 Å². The number of esters is 1. The molecule has 1 heterocycles. The van der Waals surface area contributed by atoms with Crippen molar-refractivity contribution in [1.29, 1.82) is 0 Å². The third-order valence-electron chi connectivity index (χ3n) is 6.02. The average Bonchev–Trinajstić information content (AvgIpc) is 3.32. The van der Waals surface area contributed by atoms with E-state index in [1.54, 1.807) is 42.5 Å². The lowest BCUT2D eigenvalue weighted by Gasteiger charge is -2.10. The highest BCUT2D eigenvalue weighted by Crippen LogP contribution is 2.37. The van der Waals surface area contributed by atoms with Gasteiger partial charge in [-0.1, -0.05) is 82.1 Å². The SMILES string of the molecule is Cc1cccc2c(-c3ccccc3Cl)c(C(=O)NN=Cc3cc(Br)cc(Br)c3OC(=O)c3ccccc3)[nH]c12. The maximum Gasteiger partial charge on any atom is 0.343 e. The van der Waals surface area contributed by atoms with Gasteiger partial charge in [-0.25, -0.2) is 10.2 Å². The number of halogens is 3. The van der Waals surface area contributed by atoms with Gasteiger partial charge in [-0.15, -0.1) is 0 Å². The first kappa shape index (κ1) is 26.9. The van der Waals surface area contributed by atoms with Crippen molar-refractivity contribution in [3.8, 4) is 16.9 Å². The second-order valence-electron chi connectivity index (χ2n) is 8.61. The molecule has 39 heavy (non-hydrogen) atoms. The highest BCUT2D eigenvalue weighted by molar-refractivity contribution is 9.11. The molecule has 0 unspecified atom stereocenters. The summed E-state index contributed by atoms with van der Waals surface area (Å²) in [5, 5.41) is 5.59. The van der Waals surface area contributed by atoms with Crippen LogP contribution in [0.5, 0.6) is 5.75 Å². The van der Waals surface area contributed by atoms with Crippen molar-refractivity contribution in [3.05, 3.63) is 121 Å². The van der Waals surface area contributed by atoms with Gasteiger partial charge in [-0.2, -0.15) is 5.10 Å². The Labute approximate surface area is 246 Å². The van der Waals surface area contributed by atoms with Crippen LogP contribution in [0.3, 0.4) is 0 Å². The maximum atomic E-state index is 13.4. The van der Waals surface area contributed by atoms with Crippen molar-refractivity contribution in [1.82, 2.24) is 10.4 Å².